The molecule has 0 radical (unpaired) electrons. The van der Waals surface area contributed by atoms with Gasteiger partial charge >= 0.3 is 0 Å². The number of benzene rings is 1. The number of aryl methyl sites for hydroxylation is 1. The molecule has 0 aliphatic rings. The van der Waals surface area contributed by atoms with Crippen molar-refractivity contribution in [3.05, 3.63) is 30.2 Å². The fraction of sp³-hybridized carbons (Fsp3) is 0.364. The minimum absolute atomic E-state index is 0. The Morgan fingerprint density at radius 2 is 2.13 bits per heavy atom. The van der Waals surface area contributed by atoms with Crippen LogP contribution in [0.2, 0.25) is 0 Å². The minimum atomic E-state index is 0. The SMILES string of the molecule is CNCCCc1nc2ccccc2o1.Cl. The van der Waals surface area contributed by atoms with Crippen LogP contribution >= 0.6 is 12.4 Å². The van der Waals surface area contributed by atoms with Gasteiger partial charge in [-0.1, -0.05) is 12.1 Å². The third-order valence-corrected chi connectivity index (χ3v) is 2.16. The Labute approximate surface area is 95.3 Å². The van der Waals surface area contributed by atoms with Gasteiger partial charge in [0.1, 0.15) is 5.52 Å². The lowest BCUT2D eigenvalue weighted by atomic mass is 10.3. The van der Waals surface area contributed by atoms with Gasteiger partial charge in [0, 0.05) is 6.42 Å². The fourth-order valence-electron chi connectivity index (χ4n) is 1.44. The van der Waals surface area contributed by atoms with Gasteiger partial charge < -0.3 is 9.73 Å². The highest BCUT2D eigenvalue weighted by Gasteiger charge is 2.03. The maximum absolute atomic E-state index is 5.58. The van der Waals surface area contributed by atoms with Crippen molar-refractivity contribution >= 4 is 23.5 Å². The molecule has 0 spiro atoms. The van der Waals surface area contributed by atoms with E-state index in [4.69, 9.17) is 4.42 Å². The lowest BCUT2D eigenvalue weighted by Crippen LogP contribution is -2.08. The average Bonchev–Trinajstić information content (AvgIpc) is 2.60. The van der Waals surface area contributed by atoms with Crippen LogP contribution in [-0.4, -0.2) is 18.6 Å². The summed E-state index contributed by atoms with van der Waals surface area (Å²) < 4.78 is 5.58. The zero-order chi connectivity index (χ0) is 9.80. The van der Waals surface area contributed by atoms with E-state index in [-0.39, 0.29) is 12.4 Å². The van der Waals surface area contributed by atoms with Crippen LogP contribution < -0.4 is 5.32 Å². The molecule has 0 aliphatic heterocycles. The van der Waals surface area contributed by atoms with Crippen LogP contribution in [0.15, 0.2) is 28.7 Å². The molecule has 1 N–H and O–H groups in total. The number of oxazole rings is 1. The first-order chi connectivity index (χ1) is 6.90. The summed E-state index contributed by atoms with van der Waals surface area (Å²) in [6.45, 7) is 0.999. The fourth-order valence-corrected chi connectivity index (χ4v) is 1.44. The van der Waals surface area contributed by atoms with Gasteiger partial charge in [0.15, 0.2) is 11.5 Å². The Morgan fingerprint density at radius 1 is 1.33 bits per heavy atom. The molecule has 82 valence electrons. The van der Waals surface area contributed by atoms with Gasteiger partial charge in [-0.3, -0.25) is 0 Å². The summed E-state index contributed by atoms with van der Waals surface area (Å²) in [6, 6.07) is 7.86. The lowest BCUT2D eigenvalue weighted by Gasteiger charge is -1.94. The molecule has 4 heteroatoms. The molecule has 0 saturated carbocycles. The molecule has 0 unspecified atom stereocenters. The maximum atomic E-state index is 5.58. The molecule has 2 rings (SSSR count). The largest absolute Gasteiger partial charge is 0.441 e. The van der Waals surface area contributed by atoms with Crippen molar-refractivity contribution in [1.29, 1.82) is 0 Å². The van der Waals surface area contributed by atoms with Crippen molar-refractivity contribution in [2.45, 2.75) is 12.8 Å². The zero-order valence-electron chi connectivity index (χ0n) is 8.69. The second-order valence-corrected chi connectivity index (χ2v) is 3.28. The van der Waals surface area contributed by atoms with Gasteiger partial charge in [-0.05, 0) is 32.1 Å². The number of hydrogen-bond acceptors (Lipinski definition) is 3. The van der Waals surface area contributed by atoms with Crippen molar-refractivity contribution in [3.8, 4) is 0 Å². The standard InChI is InChI=1S/C11H14N2O.ClH/c1-12-8-4-7-11-13-9-5-2-3-6-10(9)14-11;/h2-3,5-6,12H,4,7-8H2,1H3;1H. The monoisotopic (exact) mass is 226 g/mol. The number of hydrogen-bond donors (Lipinski definition) is 1. The number of fused-ring (bicyclic) bond motifs is 1. The third-order valence-electron chi connectivity index (χ3n) is 2.16. The molecule has 1 heterocycles. The molecule has 0 atom stereocenters. The number of para-hydroxylation sites is 2. The highest BCUT2D eigenvalue weighted by Crippen LogP contribution is 2.15. The molecule has 1 aromatic carbocycles. The second kappa shape index (κ2) is 5.73. The summed E-state index contributed by atoms with van der Waals surface area (Å²) in [7, 11) is 1.95. The molecule has 15 heavy (non-hydrogen) atoms. The van der Waals surface area contributed by atoms with E-state index in [2.05, 4.69) is 10.3 Å². The summed E-state index contributed by atoms with van der Waals surface area (Å²) in [5.41, 5.74) is 1.83. The van der Waals surface area contributed by atoms with E-state index < -0.39 is 0 Å². The first-order valence-corrected chi connectivity index (χ1v) is 4.89. The number of nitrogens with zero attached hydrogens (tertiary/aromatic N) is 1. The van der Waals surface area contributed by atoms with Gasteiger partial charge in [-0.15, -0.1) is 12.4 Å². The van der Waals surface area contributed by atoms with Gasteiger partial charge in [0.25, 0.3) is 0 Å². The molecular weight excluding hydrogens is 212 g/mol. The quantitative estimate of drug-likeness (QED) is 0.814. The Kier molecular flexibility index (Phi) is 4.59. The highest BCUT2D eigenvalue weighted by atomic mass is 35.5. The molecule has 1 aromatic heterocycles. The summed E-state index contributed by atoms with van der Waals surface area (Å²) in [4.78, 5) is 4.39. The van der Waals surface area contributed by atoms with E-state index >= 15 is 0 Å². The van der Waals surface area contributed by atoms with Crippen LogP contribution in [0.4, 0.5) is 0 Å². The summed E-state index contributed by atoms with van der Waals surface area (Å²) in [5.74, 6) is 0.835. The van der Waals surface area contributed by atoms with Crippen LogP contribution in [0.25, 0.3) is 11.1 Å². The number of rotatable bonds is 4. The predicted octanol–water partition coefficient (Wildman–Crippen LogP) is 2.40. The normalized spacial score (nSPS) is 10.2. The Morgan fingerprint density at radius 3 is 2.87 bits per heavy atom. The van der Waals surface area contributed by atoms with Crippen molar-refractivity contribution in [1.82, 2.24) is 10.3 Å². The lowest BCUT2D eigenvalue weighted by molar-refractivity contribution is 0.516. The van der Waals surface area contributed by atoms with Crippen molar-refractivity contribution in [3.63, 3.8) is 0 Å². The Bertz CT molecular complexity index is 381. The molecule has 0 amide bonds. The van der Waals surface area contributed by atoms with Crippen molar-refractivity contribution in [2.24, 2.45) is 0 Å². The van der Waals surface area contributed by atoms with Crippen LogP contribution in [-0.2, 0) is 6.42 Å². The van der Waals surface area contributed by atoms with Crippen molar-refractivity contribution in [2.75, 3.05) is 13.6 Å². The number of nitrogens with one attached hydrogen (secondary N) is 1. The molecule has 0 aliphatic carbocycles. The Balaban J connectivity index is 0.00000112. The van der Waals surface area contributed by atoms with E-state index in [0.717, 1.165) is 36.4 Å². The molecule has 0 fully saturated rings. The number of aromatic nitrogens is 1. The van der Waals surface area contributed by atoms with Gasteiger partial charge in [-0.2, -0.15) is 0 Å². The van der Waals surface area contributed by atoms with E-state index in [1.807, 2.05) is 31.3 Å². The minimum Gasteiger partial charge on any atom is -0.441 e. The molecule has 2 aromatic rings. The smallest absolute Gasteiger partial charge is 0.195 e. The first kappa shape index (κ1) is 12.0. The summed E-state index contributed by atoms with van der Waals surface area (Å²) in [5, 5.41) is 3.10. The van der Waals surface area contributed by atoms with Gasteiger partial charge in [0.2, 0.25) is 0 Å². The van der Waals surface area contributed by atoms with E-state index in [1.54, 1.807) is 0 Å². The zero-order valence-corrected chi connectivity index (χ0v) is 9.51. The van der Waals surface area contributed by atoms with E-state index in [9.17, 15) is 0 Å². The molecule has 0 saturated heterocycles. The molecule has 3 nitrogen and oxygen atoms in total. The molecule has 0 bridgehead atoms. The highest BCUT2D eigenvalue weighted by molar-refractivity contribution is 5.85. The van der Waals surface area contributed by atoms with Crippen LogP contribution in [0.3, 0.4) is 0 Å². The maximum Gasteiger partial charge on any atom is 0.195 e. The average molecular weight is 227 g/mol. The second-order valence-electron chi connectivity index (χ2n) is 3.28. The van der Waals surface area contributed by atoms with Crippen LogP contribution in [0.5, 0.6) is 0 Å². The Hall–Kier alpha value is -1.06. The van der Waals surface area contributed by atoms with Gasteiger partial charge in [-0.25, -0.2) is 4.98 Å². The topological polar surface area (TPSA) is 38.1 Å². The van der Waals surface area contributed by atoms with Crippen molar-refractivity contribution < 1.29 is 4.42 Å². The third kappa shape index (κ3) is 2.94. The van der Waals surface area contributed by atoms with E-state index in [0.29, 0.717) is 0 Å². The predicted molar refractivity (Wildman–Crippen MR) is 63.5 cm³/mol. The van der Waals surface area contributed by atoms with Gasteiger partial charge in [0.05, 0.1) is 0 Å². The van der Waals surface area contributed by atoms with Crippen LogP contribution in [0.1, 0.15) is 12.3 Å². The summed E-state index contributed by atoms with van der Waals surface area (Å²) >= 11 is 0. The first-order valence-electron chi connectivity index (χ1n) is 4.89. The van der Waals surface area contributed by atoms with E-state index in [1.165, 1.54) is 0 Å². The van der Waals surface area contributed by atoms with Crippen LogP contribution in [0, 0.1) is 0 Å². The number of halogens is 1. The molecular formula is C11H15ClN2O. The summed E-state index contributed by atoms with van der Waals surface area (Å²) in [6.07, 6.45) is 1.96.